The normalized spacial score (nSPS) is 19.1. The van der Waals surface area contributed by atoms with E-state index in [4.69, 9.17) is 4.74 Å². The number of aromatic nitrogens is 1. The Labute approximate surface area is 348 Å². The maximum atomic E-state index is 14.8. The van der Waals surface area contributed by atoms with Crippen molar-refractivity contribution in [3.8, 4) is 0 Å². The Morgan fingerprint density at radius 1 is 1.02 bits per heavy atom. The number of esters is 1. The fraction of sp³-hybridized carbons (Fsp3) is 0.636. The van der Waals surface area contributed by atoms with Crippen molar-refractivity contribution in [1.29, 1.82) is 0 Å². The van der Waals surface area contributed by atoms with Gasteiger partial charge in [0.05, 0.1) is 19.1 Å². The van der Waals surface area contributed by atoms with E-state index in [1.54, 1.807) is 12.3 Å². The standard InChI is InChI=1S/C44H66N6O7S/c1-8-29(4)39(48-41(54)35-21-15-16-22-49(35)6)43(55)50(26-38(52)45-32-19-13-10-14-20-32)36(28(2)3)25-37(51)42-47-34(27-58-42)40(53)46-33(23-30(5)44(56)57-7)24-31-17-11-9-12-18-31/h9,11-12,17-19,27-30,33,35-37,39,51H,8,10,13-16,20-26H2,1-7H3,(H,45,52)(H,46,53)(H,48,54). The molecule has 1 saturated heterocycles. The molecule has 320 valence electrons. The van der Waals surface area contributed by atoms with Crippen LogP contribution < -0.4 is 16.0 Å². The highest BCUT2D eigenvalue weighted by atomic mass is 32.1. The number of carbonyl (C=O) groups is 5. The summed E-state index contributed by atoms with van der Waals surface area (Å²) in [5, 5.41) is 22.8. The van der Waals surface area contributed by atoms with Crippen LogP contribution in [0, 0.1) is 17.8 Å². The van der Waals surface area contributed by atoms with Gasteiger partial charge < -0.3 is 30.7 Å². The quantitative estimate of drug-likeness (QED) is 0.125. The van der Waals surface area contributed by atoms with Crippen molar-refractivity contribution in [2.75, 3.05) is 27.2 Å². The highest BCUT2D eigenvalue weighted by molar-refractivity contribution is 7.09. The van der Waals surface area contributed by atoms with Crippen LogP contribution in [0.15, 0.2) is 47.5 Å². The van der Waals surface area contributed by atoms with Crippen LogP contribution in [0.2, 0.25) is 0 Å². The zero-order valence-electron chi connectivity index (χ0n) is 35.5. The lowest BCUT2D eigenvalue weighted by Gasteiger charge is -2.39. The number of methoxy groups -OCH3 is 1. The first kappa shape index (κ1) is 46.5. The lowest BCUT2D eigenvalue weighted by atomic mass is 9.92. The lowest BCUT2D eigenvalue weighted by molar-refractivity contribution is -0.145. The summed E-state index contributed by atoms with van der Waals surface area (Å²) in [4.78, 5) is 76.2. The number of carbonyl (C=O) groups excluding carboxylic acids is 5. The molecule has 14 heteroatoms. The minimum atomic E-state index is -1.16. The SMILES string of the molecule is CCC(C)C(NC(=O)C1CCCCN1C)C(=O)N(CC(=O)NC1=CCCCC1)C(CC(O)c1nc(C(=O)NC(Cc2ccccc2)CC(C)C(=O)OC)cs1)C(C)C. The van der Waals surface area contributed by atoms with Crippen molar-refractivity contribution < 1.29 is 33.8 Å². The molecule has 1 aliphatic carbocycles. The number of piperidine rings is 1. The van der Waals surface area contributed by atoms with Crippen LogP contribution in [-0.2, 0) is 30.3 Å². The van der Waals surface area contributed by atoms with Crippen molar-refractivity contribution in [1.82, 2.24) is 30.7 Å². The van der Waals surface area contributed by atoms with Gasteiger partial charge in [-0.1, -0.05) is 83.9 Å². The van der Waals surface area contributed by atoms with Crippen molar-refractivity contribution in [3.63, 3.8) is 0 Å². The number of aliphatic hydroxyl groups excluding tert-OH is 1. The topological polar surface area (TPSA) is 170 Å². The van der Waals surface area contributed by atoms with Gasteiger partial charge in [-0.15, -0.1) is 11.3 Å². The van der Waals surface area contributed by atoms with Gasteiger partial charge in [-0.05, 0) is 82.4 Å². The predicted octanol–water partition coefficient (Wildman–Crippen LogP) is 5.55. The molecule has 0 spiro atoms. The molecule has 1 aliphatic heterocycles. The van der Waals surface area contributed by atoms with Crippen molar-refractivity contribution in [2.45, 2.75) is 136 Å². The maximum Gasteiger partial charge on any atom is 0.308 e. The molecule has 4 rings (SSSR count). The molecular weight excluding hydrogens is 757 g/mol. The van der Waals surface area contributed by atoms with Crippen molar-refractivity contribution >= 4 is 40.9 Å². The number of likely N-dealkylation sites (tertiary alicyclic amines) is 1. The average molecular weight is 823 g/mol. The number of nitrogens with one attached hydrogen (secondary N) is 3. The van der Waals surface area contributed by atoms with Crippen LogP contribution in [0.1, 0.15) is 126 Å². The number of benzene rings is 1. The first-order valence-corrected chi connectivity index (χ1v) is 22.0. The number of hydrogen-bond donors (Lipinski definition) is 4. The monoisotopic (exact) mass is 822 g/mol. The van der Waals surface area contributed by atoms with E-state index in [1.807, 2.05) is 76.1 Å². The highest BCUT2D eigenvalue weighted by Crippen LogP contribution is 2.29. The predicted molar refractivity (Wildman–Crippen MR) is 226 cm³/mol. The summed E-state index contributed by atoms with van der Waals surface area (Å²) in [6.45, 7) is 10.1. The van der Waals surface area contributed by atoms with Gasteiger partial charge in [0.15, 0.2) is 0 Å². The number of amides is 4. The van der Waals surface area contributed by atoms with Gasteiger partial charge in [-0.3, -0.25) is 28.9 Å². The van der Waals surface area contributed by atoms with E-state index in [0.717, 1.165) is 67.7 Å². The molecule has 2 aromatic rings. The van der Waals surface area contributed by atoms with Gasteiger partial charge in [-0.25, -0.2) is 4.98 Å². The zero-order valence-corrected chi connectivity index (χ0v) is 36.3. The second-order valence-electron chi connectivity index (χ2n) is 16.5. The number of allylic oxidation sites excluding steroid dienone is 2. The number of hydrogen-bond acceptors (Lipinski definition) is 10. The summed E-state index contributed by atoms with van der Waals surface area (Å²) < 4.78 is 4.93. The Morgan fingerprint density at radius 3 is 2.40 bits per heavy atom. The van der Waals surface area contributed by atoms with Crippen LogP contribution in [-0.4, -0.2) is 101 Å². The first-order chi connectivity index (χ1) is 27.7. The lowest BCUT2D eigenvalue weighted by Crippen LogP contribution is -2.60. The van der Waals surface area contributed by atoms with Gasteiger partial charge in [0.1, 0.15) is 29.4 Å². The second kappa shape index (κ2) is 22.9. The van der Waals surface area contributed by atoms with Crippen molar-refractivity contribution in [3.05, 3.63) is 63.7 Å². The number of aliphatic hydroxyl groups is 1. The summed E-state index contributed by atoms with van der Waals surface area (Å²) in [5.74, 6) is -2.57. The molecule has 1 fully saturated rings. The third-order valence-corrected chi connectivity index (χ3v) is 12.6. The summed E-state index contributed by atoms with van der Waals surface area (Å²) in [5.41, 5.74) is 1.97. The number of rotatable bonds is 20. The van der Waals surface area contributed by atoms with E-state index in [1.165, 1.54) is 12.0 Å². The Balaban J connectivity index is 1.57. The largest absolute Gasteiger partial charge is 0.469 e. The van der Waals surface area contributed by atoms with Crippen molar-refractivity contribution in [2.24, 2.45) is 17.8 Å². The average Bonchev–Trinajstić information content (AvgIpc) is 3.72. The molecule has 0 saturated carbocycles. The van der Waals surface area contributed by atoms with E-state index in [9.17, 15) is 29.1 Å². The van der Waals surface area contributed by atoms with E-state index < -0.39 is 36.1 Å². The molecule has 0 radical (unpaired) electrons. The van der Waals surface area contributed by atoms with Crippen LogP contribution in [0.4, 0.5) is 0 Å². The Bertz CT molecular complexity index is 1700. The Hall–Kier alpha value is -4.14. The number of ether oxygens (including phenoxy) is 1. The summed E-state index contributed by atoms with van der Waals surface area (Å²) in [6, 6.07) is 7.44. The third-order valence-electron chi connectivity index (χ3n) is 11.6. The molecule has 4 N–H and O–H groups in total. The molecule has 0 bridgehead atoms. The molecule has 7 atom stereocenters. The summed E-state index contributed by atoms with van der Waals surface area (Å²) in [7, 11) is 3.27. The van der Waals surface area contributed by atoms with Gasteiger partial charge in [0.25, 0.3) is 5.91 Å². The highest BCUT2D eigenvalue weighted by Gasteiger charge is 2.39. The van der Waals surface area contributed by atoms with E-state index >= 15 is 0 Å². The fourth-order valence-corrected chi connectivity index (χ4v) is 8.71. The van der Waals surface area contributed by atoms with E-state index in [2.05, 4.69) is 20.9 Å². The second-order valence-corrected chi connectivity index (χ2v) is 17.4. The maximum absolute atomic E-state index is 14.8. The van der Waals surface area contributed by atoms with Crippen LogP contribution in [0.3, 0.4) is 0 Å². The zero-order chi connectivity index (χ0) is 42.4. The minimum Gasteiger partial charge on any atom is -0.469 e. The molecule has 58 heavy (non-hydrogen) atoms. The van der Waals surface area contributed by atoms with E-state index in [0.29, 0.717) is 30.7 Å². The number of likely N-dealkylation sites (N-methyl/N-ethyl adjacent to an activating group) is 1. The summed E-state index contributed by atoms with van der Waals surface area (Å²) >= 11 is 1.14. The molecule has 4 amide bonds. The Morgan fingerprint density at radius 2 is 1.76 bits per heavy atom. The van der Waals surface area contributed by atoms with Gasteiger partial charge in [0, 0.05) is 29.6 Å². The van der Waals surface area contributed by atoms with Crippen LogP contribution >= 0.6 is 11.3 Å². The third kappa shape index (κ3) is 13.5. The van der Waals surface area contributed by atoms with Crippen LogP contribution in [0.5, 0.6) is 0 Å². The smallest absolute Gasteiger partial charge is 0.308 e. The molecule has 2 heterocycles. The molecular formula is C44H66N6O7S. The van der Waals surface area contributed by atoms with Gasteiger partial charge >= 0.3 is 5.97 Å². The van der Waals surface area contributed by atoms with Gasteiger partial charge in [-0.2, -0.15) is 0 Å². The molecule has 1 aromatic heterocycles. The molecule has 1 aromatic carbocycles. The van der Waals surface area contributed by atoms with Gasteiger partial charge in [0.2, 0.25) is 17.7 Å². The molecule has 2 aliphatic rings. The first-order valence-electron chi connectivity index (χ1n) is 21.1. The molecule has 13 nitrogen and oxygen atoms in total. The molecule has 7 unspecified atom stereocenters. The minimum absolute atomic E-state index is 0.0494. The Kier molecular flexibility index (Phi) is 18.3. The van der Waals surface area contributed by atoms with E-state index in [-0.39, 0.29) is 60.2 Å². The number of nitrogens with zero attached hydrogens (tertiary/aromatic N) is 3. The summed E-state index contributed by atoms with van der Waals surface area (Å²) in [6.07, 6.45) is 8.71. The van der Waals surface area contributed by atoms with Crippen LogP contribution in [0.25, 0.3) is 0 Å². The number of thiazole rings is 1. The fourth-order valence-electron chi connectivity index (χ4n) is 7.91.